The van der Waals surface area contributed by atoms with Crippen LogP contribution < -0.4 is 0 Å². The summed E-state index contributed by atoms with van der Waals surface area (Å²) in [7, 11) is 0. The molecule has 0 fully saturated rings. The van der Waals surface area contributed by atoms with Crippen molar-refractivity contribution in [2.45, 2.75) is 0 Å². The highest BCUT2D eigenvalue weighted by Crippen LogP contribution is 2.19. The number of hydrogen-bond acceptors (Lipinski definition) is 5. The molecule has 0 aromatic heterocycles. The molecule has 0 aliphatic heterocycles. The van der Waals surface area contributed by atoms with Crippen LogP contribution in [-0.2, 0) is 4.79 Å². The Bertz CT molecular complexity index is 430. The molecule has 0 spiro atoms. The summed E-state index contributed by atoms with van der Waals surface area (Å²) in [6.07, 6.45) is 1.45. The lowest BCUT2D eigenvalue weighted by Crippen LogP contribution is -2.11. The first kappa shape index (κ1) is 11.4. The molecule has 15 heavy (non-hydrogen) atoms. The Balaban J connectivity index is 3.19. The molecule has 0 radical (unpaired) electrons. The fourth-order valence-corrected chi connectivity index (χ4v) is 1.32. The number of nitro benzene ring substituents is 1. The fourth-order valence-electron chi connectivity index (χ4n) is 1.03. The number of hydrogen-bond donors (Lipinski definition) is 0. The van der Waals surface area contributed by atoms with Crippen molar-refractivity contribution in [3.05, 3.63) is 39.9 Å². The molecule has 78 valence electrons. The number of carbonyl (C=O) groups is 2. The van der Waals surface area contributed by atoms with E-state index in [2.05, 4.69) is 0 Å². The SMILES string of the molecule is CSC(=O)C(=O)c1ccccc1[N+](=O)[O-]. The summed E-state index contributed by atoms with van der Waals surface area (Å²) < 4.78 is 0. The molecule has 0 bridgehead atoms. The second kappa shape index (κ2) is 4.70. The fraction of sp³-hybridized carbons (Fsp3) is 0.111. The maximum atomic E-state index is 11.4. The highest BCUT2D eigenvalue weighted by atomic mass is 32.2. The minimum Gasteiger partial charge on any atom is -0.284 e. The maximum Gasteiger partial charge on any atom is 0.280 e. The van der Waals surface area contributed by atoms with Gasteiger partial charge in [-0.2, -0.15) is 0 Å². The third-order valence-corrected chi connectivity index (χ3v) is 2.27. The molecule has 1 rings (SSSR count). The van der Waals surface area contributed by atoms with Gasteiger partial charge in [0, 0.05) is 6.07 Å². The molecule has 6 heteroatoms. The second-order valence-electron chi connectivity index (χ2n) is 2.59. The molecule has 0 amide bonds. The van der Waals surface area contributed by atoms with Crippen LogP contribution in [-0.4, -0.2) is 22.1 Å². The van der Waals surface area contributed by atoms with Crippen molar-refractivity contribution in [1.82, 2.24) is 0 Å². The molecule has 0 aliphatic carbocycles. The topological polar surface area (TPSA) is 77.3 Å². The van der Waals surface area contributed by atoms with Gasteiger partial charge in [0.2, 0.25) is 5.78 Å². The Labute approximate surface area is 89.6 Å². The zero-order valence-electron chi connectivity index (χ0n) is 7.80. The lowest BCUT2D eigenvalue weighted by molar-refractivity contribution is -0.385. The molecule has 1 aromatic carbocycles. The molecule has 0 aliphatic rings. The lowest BCUT2D eigenvalue weighted by Gasteiger charge is -1.98. The highest BCUT2D eigenvalue weighted by Gasteiger charge is 2.23. The van der Waals surface area contributed by atoms with E-state index in [0.29, 0.717) is 0 Å². The van der Waals surface area contributed by atoms with Crippen molar-refractivity contribution in [2.75, 3.05) is 6.26 Å². The first-order valence-corrected chi connectivity index (χ1v) is 5.16. The number of nitro groups is 1. The molecule has 0 unspecified atom stereocenters. The molecule has 1 aromatic rings. The van der Waals surface area contributed by atoms with Crippen LogP contribution in [0.1, 0.15) is 10.4 Å². The van der Waals surface area contributed by atoms with Crippen molar-refractivity contribution < 1.29 is 14.5 Å². The predicted octanol–water partition coefficient (Wildman–Crippen LogP) is 1.67. The van der Waals surface area contributed by atoms with Crippen molar-refractivity contribution >= 4 is 28.3 Å². The van der Waals surface area contributed by atoms with E-state index < -0.39 is 15.8 Å². The van der Waals surface area contributed by atoms with Crippen molar-refractivity contribution in [1.29, 1.82) is 0 Å². The van der Waals surface area contributed by atoms with Gasteiger partial charge in [-0.1, -0.05) is 23.9 Å². The third-order valence-electron chi connectivity index (χ3n) is 1.72. The number of carbonyl (C=O) groups excluding carboxylic acids is 2. The van der Waals surface area contributed by atoms with E-state index in [-0.39, 0.29) is 11.3 Å². The van der Waals surface area contributed by atoms with Crippen LogP contribution in [0.25, 0.3) is 0 Å². The smallest absolute Gasteiger partial charge is 0.280 e. The molecule has 0 N–H and O–H groups in total. The van der Waals surface area contributed by atoms with Gasteiger partial charge in [-0.15, -0.1) is 0 Å². The van der Waals surface area contributed by atoms with Crippen LogP contribution in [0, 0.1) is 10.1 Å². The van der Waals surface area contributed by atoms with Crippen LogP contribution in [0.15, 0.2) is 24.3 Å². The average molecular weight is 225 g/mol. The van der Waals surface area contributed by atoms with Gasteiger partial charge in [0.05, 0.1) is 4.92 Å². The lowest BCUT2D eigenvalue weighted by atomic mass is 10.1. The average Bonchev–Trinajstić information content (AvgIpc) is 2.27. The van der Waals surface area contributed by atoms with Crippen LogP contribution >= 0.6 is 11.8 Å². The summed E-state index contributed by atoms with van der Waals surface area (Å²) in [6.45, 7) is 0. The summed E-state index contributed by atoms with van der Waals surface area (Å²) >= 11 is 0.737. The summed E-state index contributed by atoms with van der Waals surface area (Å²) in [5, 5.41) is 9.87. The third kappa shape index (κ3) is 2.41. The highest BCUT2D eigenvalue weighted by molar-refractivity contribution is 8.14. The Morgan fingerprint density at radius 3 is 2.47 bits per heavy atom. The van der Waals surface area contributed by atoms with Crippen LogP contribution in [0.2, 0.25) is 0 Å². The molecule has 5 nitrogen and oxygen atoms in total. The zero-order valence-corrected chi connectivity index (χ0v) is 8.61. The molecular formula is C9H7NO4S. The summed E-state index contributed by atoms with van der Waals surface area (Å²) in [6, 6.07) is 5.39. The van der Waals surface area contributed by atoms with Gasteiger partial charge in [0.25, 0.3) is 10.8 Å². The van der Waals surface area contributed by atoms with Crippen molar-refractivity contribution in [3.8, 4) is 0 Å². The van der Waals surface area contributed by atoms with E-state index in [9.17, 15) is 19.7 Å². The quantitative estimate of drug-likeness (QED) is 0.338. The largest absolute Gasteiger partial charge is 0.284 e. The number of benzene rings is 1. The Morgan fingerprint density at radius 1 is 1.33 bits per heavy atom. The number of Topliss-reactive ketones (excluding diaryl/α,β-unsaturated/α-hetero) is 1. The minimum absolute atomic E-state index is 0.165. The van der Waals surface area contributed by atoms with Gasteiger partial charge in [-0.3, -0.25) is 19.7 Å². The molecule has 0 heterocycles. The second-order valence-corrected chi connectivity index (χ2v) is 3.37. The van der Waals surface area contributed by atoms with E-state index >= 15 is 0 Å². The van der Waals surface area contributed by atoms with Gasteiger partial charge >= 0.3 is 0 Å². The van der Waals surface area contributed by atoms with Crippen LogP contribution in [0.5, 0.6) is 0 Å². The van der Waals surface area contributed by atoms with Gasteiger partial charge < -0.3 is 0 Å². The number of thioether (sulfide) groups is 1. The summed E-state index contributed by atoms with van der Waals surface area (Å²) in [5.41, 5.74) is -0.508. The summed E-state index contributed by atoms with van der Waals surface area (Å²) in [5.74, 6) is -0.838. The monoisotopic (exact) mass is 225 g/mol. The van der Waals surface area contributed by atoms with Crippen LogP contribution in [0.3, 0.4) is 0 Å². The standard InChI is InChI=1S/C9H7NO4S/c1-15-9(12)8(11)6-4-2-3-5-7(6)10(13)14/h2-5H,1H3. The van der Waals surface area contributed by atoms with Gasteiger partial charge in [-0.25, -0.2) is 0 Å². The first-order chi connectivity index (χ1) is 7.07. The van der Waals surface area contributed by atoms with E-state index in [1.54, 1.807) is 0 Å². The van der Waals surface area contributed by atoms with Crippen molar-refractivity contribution in [3.63, 3.8) is 0 Å². The van der Waals surface area contributed by atoms with E-state index in [1.165, 1.54) is 30.5 Å². The first-order valence-electron chi connectivity index (χ1n) is 3.94. The van der Waals surface area contributed by atoms with Gasteiger partial charge in [-0.05, 0) is 12.3 Å². The Morgan fingerprint density at radius 2 is 1.93 bits per heavy atom. The molecular weight excluding hydrogens is 218 g/mol. The number of ketones is 1. The minimum atomic E-state index is -0.838. The normalized spacial score (nSPS) is 9.67. The zero-order chi connectivity index (χ0) is 11.4. The molecule has 0 saturated heterocycles. The van der Waals surface area contributed by atoms with E-state index in [4.69, 9.17) is 0 Å². The maximum absolute atomic E-state index is 11.4. The Kier molecular flexibility index (Phi) is 3.56. The molecule has 0 saturated carbocycles. The van der Waals surface area contributed by atoms with Crippen LogP contribution in [0.4, 0.5) is 5.69 Å². The van der Waals surface area contributed by atoms with E-state index in [0.717, 1.165) is 11.8 Å². The van der Waals surface area contributed by atoms with Crippen molar-refractivity contribution in [2.24, 2.45) is 0 Å². The molecule has 0 atom stereocenters. The van der Waals surface area contributed by atoms with Gasteiger partial charge in [0.15, 0.2) is 0 Å². The number of para-hydroxylation sites is 1. The number of nitrogens with zero attached hydrogens (tertiary/aromatic N) is 1. The Hall–Kier alpha value is -1.69. The summed E-state index contributed by atoms with van der Waals surface area (Å²) in [4.78, 5) is 32.4. The number of rotatable bonds is 3. The predicted molar refractivity (Wildman–Crippen MR) is 55.9 cm³/mol. The van der Waals surface area contributed by atoms with Gasteiger partial charge in [0.1, 0.15) is 5.56 Å². The van der Waals surface area contributed by atoms with E-state index in [1.807, 2.05) is 0 Å².